The minimum atomic E-state index is -3.73. The second-order valence-corrected chi connectivity index (χ2v) is 9.07. The molecule has 1 amide bonds. The Balaban J connectivity index is 2.00. The van der Waals surface area contributed by atoms with Gasteiger partial charge >= 0.3 is 0 Å². The van der Waals surface area contributed by atoms with E-state index < -0.39 is 15.6 Å². The molecule has 3 N–H and O–H groups in total. The highest BCUT2D eigenvalue weighted by atomic mass is 32.2. The van der Waals surface area contributed by atoms with E-state index in [2.05, 4.69) is 10.0 Å². The van der Waals surface area contributed by atoms with E-state index in [1.54, 1.807) is 50.2 Å². The van der Waals surface area contributed by atoms with Crippen LogP contribution in [0.3, 0.4) is 0 Å². The lowest BCUT2D eigenvalue weighted by atomic mass is 10.1. The Hall–Kier alpha value is -2.58. The Morgan fingerprint density at radius 2 is 1.69 bits per heavy atom. The van der Waals surface area contributed by atoms with E-state index in [-0.39, 0.29) is 23.8 Å². The lowest BCUT2D eigenvalue weighted by Crippen LogP contribution is -2.46. The maximum absolute atomic E-state index is 12.5. The van der Waals surface area contributed by atoms with E-state index in [0.29, 0.717) is 18.0 Å². The van der Waals surface area contributed by atoms with Gasteiger partial charge in [0.05, 0.1) is 30.1 Å². The summed E-state index contributed by atoms with van der Waals surface area (Å²) in [5.74, 6) is 0.403. The minimum absolute atomic E-state index is 0.135. The van der Waals surface area contributed by atoms with Crippen LogP contribution in [0.15, 0.2) is 53.4 Å². The lowest BCUT2D eigenvalue weighted by Gasteiger charge is -2.23. The lowest BCUT2D eigenvalue weighted by molar-refractivity contribution is -0.122. The Labute approximate surface area is 172 Å². The summed E-state index contributed by atoms with van der Waals surface area (Å²) in [5.41, 5.74) is 0.442. The van der Waals surface area contributed by atoms with Crippen molar-refractivity contribution in [1.82, 2.24) is 5.32 Å². The largest absolute Gasteiger partial charge is 0.494 e. The van der Waals surface area contributed by atoms with Crippen LogP contribution in [-0.4, -0.2) is 38.2 Å². The van der Waals surface area contributed by atoms with Crippen LogP contribution in [-0.2, 0) is 21.2 Å². The average molecular weight is 421 g/mol. The number of carbonyl (C=O) groups is 1. The van der Waals surface area contributed by atoms with Crippen LogP contribution in [0.1, 0.15) is 32.8 Å². The molecule has 158 valence electrons. The Morgan fingerprint density at radius 3 is 2.24 bits per heavy atom. The number of aliphatic hydroxyl groups excluding tert-OH is 1. The summed E-state index contributed by atoms with van der Waals surface area (Å²) < 4.78 is 33.1. The van der Waals surface area contributed by atoms with Gasteiger partial charge in [-0.2, -0.15) is 0 Å². The van der Waals surface area contributed by atoms with Gasteiger partial charge in [-0.3, -0.25) is 9.52 Å². The molecule has 0 aromatic heterocycles. The van der Waals surface area contributed by atoms with Crippen molar-refractivity contribution in [1.29, 1.82) is 0 Å². The van der Waals surface area contributed by atoms with Gasteiger partial charge in [-0.15, -0.1) is 0 Å². The summed E-state index contributed by atoms with van der Waals surface area (Å²) in [6.07, 6.45) is 1.01. The Bertz CT molecular complexity index is 907. The zero-order valence-electron chi connectivity index (χ0n) is 16.9. The van der Waals surface area contributed by atoms with Crippen molar-refractivity contribution in [2.24, 2.45) is 0 Å². The topological polar surface area (TPSA) is 105 Å². The van der Waals surface area contributed by atoms with Crippen molar-refractivity contribution in [3.63, 3.8) is 0 Å². The fraction of sp³-hybridized carbons (Fsp3) is 0.381. The molecule has 0 unspecified atom stereocenters. The maximum atomic E-state index is 12.5. The van der Waals surface area contributed by atoms with E-state index in [1.807, 2.05) is 6.92 Å². The first-order chi connectivity index (χ1) is 13.6. The molecule has 0 heterocycles. The van der Waals surface area contributed by atoms with E-state index in [0.717, 1.165) is 12.0 Å². The van der Waals surface area contributed by atoms with Crippen molar-refractivity contribution in [2.75, 3.05) is 17.9 Å². The number of rotatable bonds is 10. The number of hydrogen-bond acceptors (Lipinski definition) is 5. The van der Waals surface area contributed by atoms with Gasteiger partial charge in [0.2, 0.25) is 5.91 Å². The molecule has 0 spiro atoms. The predicted molar refractivity (Wildman–Crippen MR) is 112 cm³/mol. The SMILES string of the molecule is CCCOc1ccc(S(=O)(=O)Nc2ccc(CC(=O)NC(C)(C)CO)cc2)cc1. The molecule has 2 aromatic rings. The standard InChI is InChI=1S/C21H28N2O5S/c1-4-13-28-18-9-11-19(12-10-18)29(26,27)23-17-7-5-16(6-8-17)14-20(25)22-21(2,3)15-24/h5-12,23-24H,4,13-15H2,1-3H3,(H,22,25). The Kier molecular flexibility index (Phi) is 7.64. The monoisotopic (exact) mass is 420 g/mol. The number of ether oxygens (including phenoxy) is 1. The first-order valence-electron chi connectivity index (χ1n) is 9.42. The molecule has 0 saturated carbocycles. The number of amides is 1. The summed E-state index contributed by atoms with van der Waals surface area (Å²) in [6, 6.07) is 12.8. The smallest absolute Gasteiger partial charge is 0.261 e. The quantitative estimate of drug-likeness (QED) is 0.548. The highest BCUT2D eigenvalue weighted by molar-refractivity contribution is 7.92. The summed E-state index contributed by atoms with van der Waals surface area (Å²) in [4.78, 5) is 12.2. The van der Waals surface area contributed by atoms with Gasteiger partial charge in [0, 0.05) is 5.69 Å². The zero-order valence-corrected chi connectivity index (χ0v) is 17.8. The van der Waals surface area contributed by atoms with Gasteiger partial charge in [0.1, 0.15) is 5.75 Å². The molecule has 0 saturated heterocycles. The third kappa shape index (κ3) is 7.07. The predicted octanol–water partition coefficient (Wildman–Crippen LogP) is 2.71. The van der Waals surface area contributed by atoms with Crippen molar-refractivity contribution in [2.45, 2.75) is 44.0 Å². The van der Waals surface area contributed by atoms with Gasteiger partial charge in [-0.1, -0.05) is 19.1 Å². The molecule has 0 fully saturated rings. The van der Waals surface area contributed by atoms with Crippen molar-refractivity contribution in [3.8, 4) is 5.75 Å². The number of nitrogens with one attached hydrogen (secondary N) is 2. The number of carbonyl (C=O) groups excluding carboxylic acids is 1. The van der Waals surface area contributed by atoms with Crippen LogP contribution in [0.2, 0.25) is 0 Å². The molecular weight excluding hydrogens is 392 g/mol. The van der Waals surface area contributed by atoms with Gasteiger partial charge in [0.25, 0.3) is 10.0 Å². The highest BCUT2D eigenvalue weighted by Crippen LogP contribution is 2.20. The van der Waals surface area contributed by atoms with Crippen LogP contribution in [0.25, 0.3) is 0 Å². The summed E-state index contributed by atoms with van der Waals surface area (Å²) >= 11 is 0. The van der Waals surface area contributed by atoms with Crippen LogP contribution in [0.4, 0.5) is 5.69 Å². The third-order valence-electron chi connectivity index (χ3n) is 4.05. The molecule has 0 atom stereocenters. The third-order valence-corrected chi connectivity index (χ3v) is 5.45. The number of benzene rings is 2. The van der Waals surface area contributed by atoms with Crippen LogP contribution < -0.4 is 14.8 Å². The molecule has 0 aliphatic heterocycles. The normalized spacial score (nSPS) is 11.7. The van der Waals surface area contributed by atoms with Gasteiger partial charge in [-0.05, 0) is 62.2 Å². The molecule has 0 bridgehead atoms. The van der Waals surface area contributed by atoms with E-state index in [4.69, 9.17) is 4.74 Å². The van der Waals surface area contributed by atoms with Crippen LogP contribution in [0, 0.1) is 0 Å². The van der Waals surface area contributed by atoms with Gasteiger partial charge in [0.15, 0.2) is 0 Å². The molecule has 0 aliphatic carbocycles. The second kappa shape index (κ2) is 9.76. The van der Waals surface area contributed by atoms with Gasteiger partial charge < -0.3 is 15.2 Å². The van der Waals surface area contributed by atoms with E-state index in [9.17, 15) is 18.3 Å². The number of sulfonamides is 1. The van der Waals surface area contributed by atoms with E-state index >= 15 is 0 Å². The average Bonchev–Trinajstić information content (AvgIpc) is 2.67. The van der Waals surface area contributed by atoms with Crippen molar-refractivity contribution >= 4 is 21.6 Å². The molecule has 0 aliphatic rings. The van der Waals surface area contributed by atoms with E-state index in [1.165, 1.54) is 12.1 Å². The van der Waals surface area contributed by atoms with Crippen LogP contribution in [0.5, 0.6) is 5.75 Å². The molecule has 2 aromatic carbocycles. The molecular formula is C21H28N2O5S. The summed E-state index contributed by atoms with van der Waals surface area (Å²) in [7, 11) is -3.73. The summed E-state index contributed by atoms with van der Waals surface area (Å²) in [5, 5.41) is 11.9. The van der Waals surface area contributed by atoms with Crippen molar-refractivity contribution in [3.05, 3.63) is 54.1 Å². The molecule has 2 rings (SSSR count). The number of hydrogen-bond donors (Lipinski definition) is 3. The first-order valence-corrected chi connectivity index (χ1v) is 10.9. The van der Waals surface area contributed by atoms with Gasteiger partial charge in [-0.25, -0.2) is 8.42 Å². The molecule has 29 heavy (non-hydrogen) atoms. The number of aliphatic hydroxyl groups is 1. The fourth-order valence-corrected chi connectivity index (χ4v) is 3.54. The fourth-order valence-electron chi connectivity index (χ4n) is 2.49. The maximum Gasteiger partial charge on any atom is 0.261 e. The Morgan fingerprint density at radius 1 is 1.07 bits per heavy atom. The van der Waals surface area contributed by atoms with Crippen LogP contribution >= 0.6 is 0 Å². The zero-order chi connectivity index (χ0) is 21.5. The minimum Gasteiger partial charge on any atom is -0.494 e. The molecule has 0 radical (unpaired) electrons. The summed E-state index contributed by atoms with van der Waals surface area (Å²) in [6.45, 7) is 5.87. The second-order valence-electron chi connectivity index (χ2n) is 7.39. The highest BCUT2D eigenvalue weighted by Gasteiger charge is 2.19. The number of anilines is 1. The molecule has 8 heteroatoms. The first kappa shape index (κ1) is 22.7. The van der Waals surface area contributed by atoms with Crippen molar-refractivity contribution < 1.29 is 23.1 Å². The molecule has 7 nitrogen and oxygen atoms in total.